The number of anilines is 1. The van der Waals surface area contributed by atoms with Crippen LogP contribution < -0.4 is 5.32 Å². The minimum absolute atomic E-state index is 0.0330. The van der Waals surface area contributed by atoms with Crippen molar-refractivity contribution in [3.8, 4) is 0 Å². The smallest absolute Gasteiger partial charge is 0.379 e. The Morgan fingerprint density at radius 3 is 2.47 bits per heavy atom. The van der Waals surface area contributed by atoms with Crippen LogP contribution in [-0.4, -0.2) is 34.1 Å². The summed E-state index contributed by atoms with van der Waals surface area (Å²) < 4.78 is 57.3. The van der Waals surface area contributed by atoms with Crippen LogP contribution >= 0.6 is 0 Å². The minimum atomic E-state index is -4.95. The third-order valence-corrected chi connectivity index (χ3v) is 4.68. The molecule has 160 valence electrons. The van der Waals surface area contributed by atoms with Gasteiger partial charge in [0.25, 0.3) is 5.69 Å². The van der Waals surface area contributed by atoms with Gasteiger partial charge in [-0.25, -0.2) is 4.39 Å². The van der Waals surface area contributed by atoms with E-state index < -0.39 is 45.6 Å². The summed E-state index contributed by atoms with van der Waals surface area (Å²) in [7, 11) is 0. The van der Waals surface area contributed by atoms with Gasteiger partial charge in [-0.1, -0.05) is 12.1 Å². The number of nitrogens with one attached hydrogen (secondary N) is 1. The monoisotopic (exact) mass is 428 g/mol. The van der Waals surface area contributed by atoms with Gasteiger partial charge in [0.05, 0.1) is 24.2 Å². The van der Waals surface area contributed by atoms with E-state index >= 15 is 0 Å². The van der Waals surface area contributed by atoms with E-state index in [2.05, 4.69) is 5.32 Å². The second kappa shape index (κ2) is 8.00. The summed E-state index contributed by atoms with van der Waals surface area (Å²) in [5.74, 6) is -1.09. The molecule has 0 aliphatic heterocycles. The Kier molecular flexibility index (Phi) is 5.77. The first-order chi connectivity index (χ1) is 14.0. The lowest BCUT2D eigenvalue weighted by Crippen LogP contribution is -2.63. The van der Waals surface area contributed by atoms with Crippen LogP contribution in [0.4, 0.5) is 28.9 Å². The van der Waals surface area contributed by atoms with Crippen LogP contribution in [0.2, 0.25) is 0 Å². The molecule has 0 bridgehead atoms. The molecular weight excluding hydrogens is 412 g/mol. The van der Waals surface area contributed by atoms with Gasteiger partial charge in [0.1, 0.15) is 11.4 Å². The first-order valence-corrected chi connectivity index (χ1v) is 8.71. The van der Waals surface area contributed by atoms with Crippen molar-refractivity contribution in [2.75, 3.05) is 11.9 Å². The van der Waals surface area contributed by atoms with Crippen LogP contribution in [0.3, 0.4) is 0 Å². The molecular formula is C19H16F4N2O5. The quantitative estimate of drug-likeness (QED) is 0.398. The topological polar surface area (TPSA) is 102 Å². The molecule has 0 saturated heterocycles. The third-order valence-electron chi connectivity index (χ3n) is 4.68. The van der Waals surface area contributed by atoms with Gasteiger partial charge in [-0.05, 0) is 29.8 Å². The number of benzene rings is 2. The van der Waals surface area contributed by atoms with Gasteiger partial charge in [0.15, 0.2) is 11.4 Å². The van der Waals surface area contributed by atoms with Crippen LogP contribution in [0.1, 0.15) is 17.5 Å². The molecule has 1 aliphatic rings. The maximum atomic E-state index is 13.0. The second-order valence-corrected chi connectivity index (χ2v) is 6.90. The summed E-state index contributed by atoms with van der Waals surface area (Å²) in [6, 6.07) is 6.79. The van der Waals surface area contributed by atoms with E-state index in [0.29, 0.717) is 17.7 Å². The number of hydrogen-bond acceptors (Lipinski definition) is 6. The van der Waals surface area contributed by atoms with E-state index in [0.717, 1.165) is 6.07 Å². The molecule has 1 aliphatic carbocycles. The molecule has 7 nitrogen and oxygen atoms in total. The van der Waals surface area contributed by atoms with Crippen LogP contribution in [0, 0.1) is 15.9 Å². The molecule has 0 unspecified atom stereocenters. The maximum Gasteiger partial charge on any atom is 0.423 e. The van der Waals surface area contributed by atoms with Crippen molar-refractivity contribution >= 4 is 17.2 Å². The summed E-state index contributed by atoms with van der Waals surface area (Å²) >= 11 is 0. The van der Waals surface area contributed by atoms with Crippen molar-refractivity contribution in [1.29, 1.82) is 0 Å². The maximum absolute atomic E-state index is 13.0. The molecule has 0 radical (unpaired) electrons. The van der Waals surface area contributed by atoms with Crippen LogP contribution in [-0.2, 0) is 22.3 Å². The average Bonchev–Trinajstić information content (AvgIpc) is 2.68. The Morgan fingerprint density at radius 1 is 1.23 bits per heavy atom. The molecule has 1 saturated carbocycles. The third kappa shape index (κ3) is 4.57. The molecule has 30 heavy (non-hydrogen) atoms. The van der Waals surface area contributed by atoms with Crippen LogP contribution in [0.15, 0.2) is 42.5 Å². The second-order valence-electron chi connectivity index (χ2n) is 6.90. The molecule has 2 N–H and O–H groups in total. The SMILES string of the molecule is O=C1[C@H](Nc2ccc([N+](=O)[O-])c(C(F)(F)F)c2)C[C@]1(O)COCc1ccc(F)cc1. The van der Waals surface area contributed by atoms with E-state index in [9.17, 15) is 37.6 Å². The van der Waals surface area contributed by atoms with Crippen molar-refractivity contribution in [2.45, 2.75) is 30.8 Å². The molecule has 0 aromatic heterocycles. The molecule has 3 rings (SSSR count). The number of hydrogen-bond donors (Lipinski definition) is 2. The Labute approximate surface area is 167 Å². The number of nitro groups is 1. The van der Waals surface area contributed by atoms with Gasteiger partial charge >= 0.3 is 6.18 Å². The number of nitrogens with zero attached hydrogens (tertiary/aromatic N) is 1. The van der Waals surface area contributed by atoms with E-state index in [4.69, 9.17) is 4.74 Å². The number of halogens is 4. The number of ether oxygens (including phenoxy) is 1. The van der Waals surface area contributed by atoms with Gasteiger partial charge in [-0.15, -0.1) is 0 Å². The van der Waals surface area contributed by atoms with Crippen LogP contribution in [0.25, 0.3) is 0 Å². The summed E-state index contributed by atoms with van der Waals surface area (Å²) in [6.45, 7) is -0.305. The predicted octanol–water partition coefficient (Wildman–Crippen LogP) is 3.45. The van der Waals surface area contributed by atoms with Gasteiger partial charge in [0, 0.05) is 18.2 Å². The highest BCUT2D eigenvalue weighted by Crippen LogP contribution is 2.39. The molecule has 1 fully saturated rings. The Balaban J connectivity index is 1.60. The molecule has 2 aromatic rings. The fraction of sp³-hybridized carbons (Fsp3) is 0.316. The minimum Gasteiger partial charge on any atom is -0.379 e. The van der Waals surface area contributed by atoms with Gasteiger partial charge in [0.2, 0.25) is 0 Å². The number of aliphatic hydroxyl groups is 1. The summed E-state index contributed by atoms with van der Waals surface area (Å²) in [5.41, 5.74) is -3.85. The highest BCUT2D eigenvalue weighted by molar-refractivity contribution is 6.00. The van der Waals surface area contributed by atoms with E-state index in [1.165, 1.54) is 24.3 Å². The Bertz CT molecular complexity index is 964. The van der Waals surface area contributed by atoms with Crippen molar-refractivity contribution < 1.29 is 37.1 Å². The largest absolute Gasteiger partial charge is 0.423 e. The lowest BCUT2D eigenvalue weighted by Gasteiger charge is -2.41. The summed E-state index contributed by atoms with van der Waals surface area (Å²) in [4.78, 5) is 21.9. The molecule has 0 heterocycles. The standard InChI is InChI=1S/C19H16F4N2O5/c20-12-3-1-11(2-4-12)9-30-10-18(27)8-15(17(18)26)24-13-5-6-16(25(28)29)14(7-13)19(21,22)23/h1-7,15,24,27H,8-10H2/t15-,18+/m1/s1. The van der Waals surface area contributed by atoms with E-state index in [1.807, 2.05) is 0 Å². The molecule has 0 amide bonds. The molecule has 0 spiro atoms. The number of nitro benzene ring substituents is 1. The highest BCUT2D eigenvalue weighted by atomic mass is 19.4. The number of ketones is 1. The van der Waals surface area contributed by atoms with Crippen molar-refractivity contribution in [3.05, 3.63) is 69.5 Å². The number of carbonyl (C=O) groups is 1. The first kappa shape index (κ1) is 21.7. The molecule has 2 atom stereocenters. The summed E-state index contributed by atoms with van der Waals surface area (Å²) in [6.07, 6.45) is -5.06. The predicted molar refractivity (Wildman–Crippen MR) is 96.1 cm³/mol. The number of rotatable bonds is 7. The Morgan fingerprint density at radius 2 is 1.90 bits per heavy atom. The lowest BCUT2D eigenvalue weighted by atomic mass is 9.74. The number of Topliss-reactive ketones (excluding diaryl/α,β-unsaturated/α-hetero) is 1. The van der Waals surface area contributed by atoms with Crippen molar-refractivity contribution in [3.63, 3.8) is 0 Å². The van der Waals surface area contributed by atoms with Crippen molar-refractivity contribution in [1.82, 2.24) is 0 Å². The lowest BCUT2D eigenvalue weighted by molar-refractivity contribution is -0.388. The molecule has 2 aromatic carbocycles. The fourth-order valence-electron chi connectivity index (χ4n) is 3.10. The molecule has 11 heteroatoms. The average molecular weight is 428 g/mol. The van der Waals surface area contributed by atoms with Gasteiger partial charge in [-0.2, -0.15) is 13.2 Å². The van der Waals surface area contributed by atoms with Crippen LogP contribution in [0.5, 0.6) is 0 Å². The Hall–Kier alpha value is -3.05. The normalized spacial score (nSPS) is 21.2. The zero-order valence-corrected chi connectivity index (χ0v) is 15.3. The fourth-order valence-corrected chi connectivity index (χ4v) is 3.10. The summed E-state index contributed by atoms with van der Waals surface area (Å²) in [5, 5.41) is 23.6. The van der Waals surface area contributed by atoms with Gasteiger partial charge in [-0.3, -0.25) is 14.9 Å². The van der Waals surface area contributed by atoms with E-state index in [1.54, 1.807) is 0 Å². The van der Waals surface area contributed by atoms with Gasteiger partial charge < -0.3 is 15.2 Å². The van der Waals surface area contributed by atoms with E-state index in [-0.39, 0.29) is 25.3 Å². The highest BCUT2D eigenvalue weighted by Gasteiger charge is 2.52. The number of alkyl halides is 3. The zero-order chi connectivity index (χ0) is 22.1. The first-order valence-electron chi connectivity index (χ1n) is 8.71. The zero-order valence-electron chi connectivity index (χ0n) is 15.3. The van der Waals surface area contributed by atoms with Crippen molar-refractivity contribution in [2.24, 2.45) is 0 Å². The number of carbonyl (C=O) groups excluding carboxylic acids is 1.